The minimum atomic E-state index is 0.199. The maximum Gasteiger partial charge on any atom is 0.231 e. The number of ether oxygens (including phenoxy) is 4. The maximum atomic E-state index is 9.75. The van der Waals surface area contributed by atoms with Gasteiger partial charge < -0.3 is 18.9 Å². The Balaban J connectivity index is 1.64. The highest BCUT2D eigenvalue weighted by Gasteiger charge is 2.16. The number of fused-ring (bicyclic) bond motifs is 1. The van der Waals surface area contributed by atoms with Gasteiger partial charge in [-0.25, -0.2) is 0 Å². The van der Waals surface area contributed by atoms with Crippen LogP contribution in [0.3, 0.4) is 0 Å². The van der Waals surface area contributed by atoms with Crippen molar-refractivity contribution in [1.82, 2.24) is 0 Å². The molecule has 0 atom stereocenters. The Bertz CT molecular complexity index is 1150. The number of rotatable bonds is 7. The van der Waals surface area contributed by atoms with E-state index in [0.717, 1.165) is 20.3 Å². The van der Waals surface area contributed by atoms with Crippen LogP contribution in [-0.4, -0.2) is 13.4 Å². The van der Waals surface area contributed by atoms with Crippen molar-refractivity contribution >= 4 is 34.2 Å². The zero-order chi connectivity index (χ0) is 21.6. The van der Waals surface area contributed by atoms with Gasteiger partial charge >= 0.3 is 0 Å². The van der Waals surface area contributed by atoms with E-state index in [0.29, 0.717) is 41.8 Å². The highest BCUT2D eigenvalue weighted by Crippen LogP contribution is 2.37. The van der Waals surface area contributed by atoms with E-state index in [-0.39, 0.29) is 6.79 Å². The van der Waals surface area contributed by atoms with Crippen LogP contribution in [-0.2, 0) is 6.61 Å². The predicted molar refractivity (Wildman–Crippen MR) is 127 cm³/mol. The summed E-state index contributed by atoms with van der Waals surface area (Å²) in [5.41, 5.74) is 3.23. The van der Waals surface area contributed by atoms with Gasteiger partial charge in [-0.05, 0) is 82.6 Å². The van der Waals surface area contributed by atoms with E-state index < -0.39 is 0 Å². The number of nitriles is 1. The number of benzene rings is 3. The van der Waals surface area contributed by atoms with Gasteiger partial charge in [-0.2, -0.15) is 5.26 Å². The molecular formula is C25H20INO4. The molecule has 0 fully saturated rings. The first kappa shape index (κ1) is 21.1. The Hall–Kier alpha value is -3.18. The minimum absolute atomic E-state index is 0.199. The van der Waals surface area contributed by atoms with Crippen molar-refractivity contribution in [3.63, 3.8) is 0 Å². The topological polar surface area (TPSA) is 60.7 Å². The fourth-order valence-corrected chi connectivity index (χ4v) is 4.00. The van der Waals surface area contributed by atoms with Crippen LogP contribution in [0.15, 0.2) is 60.7 Å². The fourth-order valence-electron chi connectivity index (χ4n) is 3.21. The fraction of sp³-hybridized carbons (Fsp3) is 0.160. The van der Waals surface area contributed by atoms with Crippen LogP contribution in [0.25, 0.3) is 11.6 Å². The molecule has 0 saturated carbocycles. The van der Waals surface area contributed by atoms with E-state index in [4.69, 9.17) is 18.9 Å². The van der Waals surface area contributed by atoms with Crippen LogP contribution in [0.5, 0.6) is 23.0 Å². The number of hydrogen-bond donors (Lipinski definition) is 0. The van der Waals surface area contributed by atoms with Crippen molar-refractivity contribution in [2.75, 3.05) is 13.4 Å². The standard InChI is InChI=1S/C25H20INO4/c1-2-28-24-12-18(11-21(26)25(24)29-15-17-6-4-3-5-7-17)10-20(14-27)19-8-9-22-23(13-19)31-16-30-22/h3-13H,2,15-16H2,1H3/b20-10-. The van der Waals surface area contributed by atoms with Gasteiger partial charge in [-0.1, -0.05) is 30.3 Å². The lowest BCUT2D eigenvalue weighted by molar-refractivity contribution is 0.174. The summed E-state index contributed by atoms with van der Waals surface area (Å²) in [6, 6.07) is 21.7. The molecule has 3 aromatic rings. The molecule has 31 heavy (non-hydrogen) atoms. The lowest BCUT2D eigenvalue weighted by Gasteiger charge is -2.15. The Labute approximate surface area is 195 Å². The molecule has 6 heteroatoms. The van der Waals surface area contributed by atoms with Gasteiger partial charge in [0.1, 0.15) is 6.61 Å². The molecule has 0 N–H and O–H groups in total. The summed E-state index contributed by atoms with van der Waals surface area (Å²) in [5, 5.41) is 9.75. The SMILES string of the molecule is CCOc1cc(/C=C(/C#N)c2ccc3c(c2)OCO3)cc(I)c1OCc1ccccc1. The molecule has 3 aromatic carbocycles. The van der Waals surface area contributed by atoms with Gasteiger partial charge in [-0.15, -0.1) is 0 Å². The molecule has 0 spiro atoms. The van der Waals surface area contributed by atoms with E-state index in [1.165, 1.54) is 0 Å². The predicted octanol–water partition coefficient (Wildman–Crippen LogP) is 6.06. The molecular weight excluding hydrogens is 505 g/mol. The molecule has 5 nitrogen and oxygen atoms in total. The number of allylic oxidation sites excluding steroid dienone is 1. The molecule has 1 aliphatic heterocycles. The van der Waals surface area contributed by atoms with Gasteiger partial charge in [0.15, 0.2) is 23.0 Å². The number of hydrogen-bond acceptors (Lipinski definition) is 5. The second-order valence-corrected chi connectivity index (χ2v) is 7.94. The summed E-state index contributed by atoms with van der Waals surface area (Å²) in [5.74, 6) is 2.69. The highest BCUT2D eigenvalue weighted by molar-refractivity contribution is 14.1. The van der Waals surface area contributed by atoms with E-state index >= 15 is 0 Å². The van der Waals surface area contributed by atoms with E-state index in [1.54, 1.807) is 0 Å². The third-order valence-electron chi connectivity index (χ3n) is 4.67. The van der Waals surface area contributed by atoms with Crippen LogP contribution in [0.4, 0.5) is 0 Å². The zero-order valence-corrected chi connectivity index (χ0v) is 19.1. The first-order chi connectivity index (χ1) is 15.2. The lowest BCUT2D eigenvalue weighted by Crippen LogP contribution is -2.02. The molecule has 0 aromatic heterocycles. The van der Waals surface area contributed by atoms with Crippen molar-refractivity contribution in [2.45, 2.75) is 13.5 Å². The van der Waals surface area contributed by atoms with Crippen LogP contribution >= 0.6 is 22.6 Å². The molecule has 0 aliphatic carbocycles. The first-order valence-corrected chi connectivity index (χ1v) is 10.9. The monoisotopic (exact) mass is 525 g/mol. The van der Waals surface area contributed by atoms with Crippen LogP contribution in [0.2, 0.25) is 0 Å². The third kappa shape index (κ3) is 4.94. The van der Waals surface area contributed by atoms with Crippen LogP contribution in [0, 0.1) is 14.9 Å². The van der Waals surface area contributed by atoms with Crippen molar-refractivity contribution in [3.8, 4) is 29.1 Å². The summed E-state index contributed by atoms with van der Waals surface area (Å²) < 4.78 is 23.6. The van der Waals surface area contributed by atoms with Crippen LogP contribution in [0.1, 0.15) is 23.6 Å². The third-order valence-corrected chi connectivity index (χ3v) is 5.47. The molecule has 0 unspecified atom stereocenters. The molecule has 1 aliphatic rings. The second-order valence-electron chi connectivity index (χ2n) is 6.78. The summed E-state index contributed by atoms with van der Waals surface area (Å²) in [4.78, 5) is 0. The maximum absolute atomic E-state index is 9.75. The molecule has 156 valence electrons. The van der Waals surface area contributed by atoms with E-state index in [1.807, 2.05) is 73.7 Å². The molecule has 0 bridgehead atoms. The average Bonchev–Trinajstić information content (AvgIpc) is 3.26. The normalized spacial score (nSPS) is 12.4. The summed E-state index contributed by atoms with van der Waals surface area (Å²) >= 11 is 2.24. The van der Waals surface area contributed by atoms with E-state index in [9.17, 15) is 5.26 Å². The van der Waals surface area contributed by atoms with E-state index in [2.05, 4.69) is 28.7 Å². The molecule has 0 saturated heterocycles. The van der Waals surface area contributed by atoms with Gasteiger partial charge in [-0.3, -0.25) is 0 Å². The summed E-state index contributed by atoms with van der Waals surface area (Å²) in [6.07, 6.45) is 1.84. The molecule has 0 radical (unpaired) electrons. The van der Waals surface area contributed by atoms with Crippen molar-refractivity contribution in [1.29, 1.82) is 5.26 Å². The summed E-state index contributed by atoms with van der Waals surface area (Å²) in [7, 11) is 0. The Morgan fingerprint density at radius 3 is 2.65 bits per heavy atom. The Morgan fingerprint density at radius 1 is 1.06 bits per heavy atom. The minimum Gasteiger partial charge on any atom is -0.490 e. The van der Waals surface area contributed by atoms with Crippen molar-refractivity contribution < 1.29 is 18.9 Å². The first-order valence-electron chi connectivity index (χ1n) is 9.83. The number of halogens is 1. The number of nitrogens with zero attached hydrogens (tertiary/aromatic N) is 1. The van der Waals surface area contributed by atoms with Gasteiger partial charge in [0.05, 0.1) is 21.8 Å². The summed E-state index contributed by atoms with van der Waals surface area (Å²) in [6.45, 7) is 3.10. The van der Waals surface area contributed by atoms with Gasteiger partial charge in [0.2, 0.25) is 6.79 Å². The smallest absolute Gasteiger partial charge is 0.231 e. The second kappa shape index (κ2) is 9.75. The zero-order valence-electron chi connectivity index (χ0n) is 16.9. The molecule has 4 rings (SSSR count). The largest absolute Gasteiger partial charge is 0.490 e. The Morgan fingerprint density at radius 2 is 1.87 bits per heavy atom. The molecule has 1 heterocycles. The highest BCUT2D eigenvalue weighted by atomic mass is 127. The lowest BCUT2D eigenvalue weighted by atomic mass is 10.0. The quantitative estimate of drug-likeness (QED) is 0.213. The van der Waals surface area contributed by atoms with Gasteiger partial charge in [0, 0.05) is 0 Å². The van der Waals surface area contributed by atoms with Gasteiger partial charge in [0.25, 0.3) is 0 Å². The van der Waals surface area contributed by atoms with Crippen molar-refractivity contribution in [3.05, 3.63) is 80.9 Å². The van der Waals surface area contributed by atoms with Crippen LogP contribution < -0.4 is 18.9 Å². The Kier molecular flexibility index (Phi) is 6.63. The average molecular weight is 525 g/mol. The molecule has 0 amide bonds. The van der Waals surface area contributed by atoms with Crippen molar-refractivity contribution in [2.24, 2.45) is 0 Å².